The molecule has 1 atom stereocenters. The van der Waals surface area contributed by atoms with E-state index in [1.54, 1.807) is 0 Å². The van der Waals surface area contributed by atoms with Crippen molar-refractivity contribution in [1.82, 2.24) is 9.88 Å². The van der Waals surface area contributed by atoms with Crippen molar-refractivity contribution in [3.05, 3.63) is 199 Å². The summed E-state index contributed by atoms with van der Waals surface area (Å²) in [5.41, 5.74) is 10.7. The smallest absolute Gasteiger partial charge is 0.159 e. The molecule has 12 rings (SSSR count). The third-order valence-corrected chi connectivity index (χ3v) is 12.5. The third kappa shape index (κ3) is 5.08. The van der Waals surface area contributed by atoms with Crippen LogP contribution in [0.4, 0.5) is 0 Å². The minimum atomic E-state index is -0.379. The number of nitrogens with zero attached hydrogens (tertiary/aromatic N) is 3. The van der Waals surface area contributed by atoms with Crippen LogP contribution in [0.5, 0.6) is 0 Å². The second-order valence-corrected chi connectivity index (χ2v) is 15.6. The first-order valence-electron chi connectivity index (χ1n) is 19.2. The van der Waals surface area contributed by atoms with Gasteiger partial charge in [0.2, 0.25) is 0 Å². The Bertz CT molecular complexity index is 3390. The molecule has 0 spiro atoms. The second kappa shape index (κ2) is 12.6. The van der Waals surface area contributed by atoms with E-state index >= 15 is 0 Å². The summed E-state index contributed by atoms with van der Waals surface area (Å²) in [6.45, 7) is 0. The van der Waals surface area contributed by atoms with Gasteiger partial charge in [0, 0.05) is 64.1 Å². The molecule has 0 bridgehead atoms. The molecule has 0 aliphatic carbocycles. The van der Waals surface area contributed by atoms with Crippen LogP contribution in [0.1, 0.15) is 22.9 Å². The molecule has 8 aromatic carbocycles. The third-order valence-electron chi connectivity index (χ3n) is 11.3. The fraction of sp³-hybridized carbons (Fsp3) is 0.0196. The topological polar surface area (TPSA) is 54.8 Å². The van der Waals surface area contributed by atoms with Crippen LogP contribution < -0.4 is 5.32 Å². The zero-order valence-corrected chi connectivity index (χ0v) is 31.4. The number of thiophene rings is 1. The molecular weight excluding hydrogens is 717 g/mol. The maximum atomic E-state index is 6.54. The Morgan fingerprint density at radius 2 is 1.23 bits per heavy atom. The lowest BCUT2D eigenvalue weighted by molar-refractivity contribution is 0.662. The van der Waals surface area contributed by atoms with Crippen molar-refractivity contribution in [2.24, 2.45) is 9.98 Å². The number of benzene rings is 8. The number of rotatable bonds is 5. The fourth-order valence-corrected chi connectivity index (χ4v) is 9.89. The number of para-hydroxylation sites is 2. The lowest BCUT2D eigenvalue weighted by Gasteiger charge is -2.24. The lowest BCUT2D eigenvalue weighted by Crippen LogP contribution is -2.33. The summed E-state index contributed by atoms with van der Waals surface area (Å²) >= 11 is 1.86. The van der Waals surface area contributed by atoms with Crippen molar-refractivity contribution in [3.8, 4) is 16.8 Å². The predicted molar refractivity (Wildman–Crippen MR) is 238 cm³/mol. The summed E-state index contributed by atoms with van der Waals surface area (Å²) in [7, 11) is 0. The summed E-state index contributed by atoms with van der Waals surface area (Å²) in [4.78, 5) is 10.2. The van der Waals surface area contributed by atoms with Gasteiger partial charge in [-0.25, -0.2) is 9.98 Å². The van der Waals surface area contributed by atoms with Crippen LogP contribution >= 0.6 is 11.3 Å². The van der Waals surface area contributed by atoms with Crippen LogP contribution in [0.25, 0.3) is 80.7 Å². The van der Waals surface area contributed by atoms with Crippen LogP contribution in [0.3, 0.4) is 0 Å². The molecule has 6 heteroatoms. The van der Waals surface area contributed by atoms with Crippen LogP contribution in [-0.4, -0.2) is 16.2 Å². The first-order chi connectivity index (χ1) is 28.2. The van der Waals surface area contributed by atoms with Crippen molar-refractivity contribution in [2.75, 3.05) is 0 Å². The Labute approximate surface area is 331 Å². The largest absolute Gasteiger partial charge is 0.456 e. The Morgan fingerprint density at radius 1 is 0.526 bits per heavy atom. The highest BCUT2D eigenvalue weighted by Crippen LogP contribution is 2.44. The second-order valence-electron chi connectivity index (χ2n) is 14.6. The zero-order chi connectivity index (χ0) is 37.5. The van der Waals surface area contributed by atoms with Crippen molar-refractivity contribution in [2.45, 2.75) is 6.17 Å². The van der Waals surface area contributed by atoms with Crippen LogP contribution in [0.15, 0.2) is 196 Å². The van der Waals surface area contributed by atoms with Crippen LogP contribution in [0.2, 0.25) is 0 Å². The average Bonchev–Trinajstić information content (AvgIpc) is 3.96. The molecule has 3 aromatic heterocycles. The van der Waals surface area contributed by atoms with Crippen LogP contribution in [-0.2, 0) is 0 Å². The molecule has 0 saturated carbocycles. The molecule has 0 saturated heterocycles. The minimum Gasteiger partial charge on any atom is -0.456 e. The quantitative estimate of drug-likeness (QED) is 0.191. The highest BCUT2D eigenvalue weighted by molar-refractivity contribution is 7.26. The first-order valence-corrected chi connectivity index (χ1v) is 20.0. The minimum absolute atomic E-state index is 0.379. The SMILES string of the molecule is c1ccc(C2=NC(c3cccc4oc5ccc(-c6cccc7c6sc6ccc(-n8c9ccccc9c9ccccc98)cc67)cc5c34)NC(c3ccccc3)=N2)cc1. The summed E-state index contributed by atoms with van der Waals surface area (Å²) in [6.07, 6.45) is -0.379. The molecular formula is C51H32N4OS. The number of nitrogens with one attached hydrogen (secondary N) is 1. The first kappa shape index (κ1) is 32.0. The number of aromatic nitrogens is 1. The molecule has 57 heavy (non-hydrogen) atoms. The number of aliphatic imine (C=N–C) groups is 2. The summed E-state index contributed by atoms with van der Waals surface area (Å²) in [5, 5.41) is 10.8. The Kier molecular flexibility index (Phi) is 7.09. The van der Waals surface area contributed by atoms with Crippen LogP contribution in [0, 0.1) is 0 Å². The molecule has 1 N–H and O–H groups in total. The molecule has 4 heterocycles. The van der Waals surface area contributed by atoms with E-state index in [1.807, 2.05) is 47.7 Å². The lowest BCUT2D eigenvalue weighted by atomic mass is 9.98. The van der Waals surface area contributed by atoms with Gasteiger partial charge in [-0.15, -0.1) is 11.3 Å². The predicted octanol–water partition coefficient (Wildman–Crippen LogP) is 13.2. The van der Waals surface area contributed by atoms with E-state index in [0.29, 0.717) is 5.84 Å². The Morgan fingerprint density at radius 3 is 2.02 bits per heavy atom. The summed E-state index contributed by atoms with van der Waals surface area (Å²) in [5.74, 6) is 1.49. The average molecular weight is 749 g/mol. The molecule has 1 unspecified atom stereocenters. The molecule has 0 fully saturated rings. The molecule has 1 aliphatic heterocycles. The van der Waals surface area contributed by atoms with E-state index in [0.717, 1.165) is 50.0 Å². The van der Waals surface area contributed by atoms with Gasteiger partial charge in [-0.1, -0.05) is 133 Å². The van der Waals surface area contributed by atoms with Gasteiger partial charge in [0.1, 0.15) is 23.2 Å². The Balaban J connectivity index is 0.999. The normalized spacial score (nSPS) is 14.5. The van der Waals surface area contributed by atoms with E-state index in [2.05, 4.69) is 155 Å². The van der Waals surface area contributed by atoms with E-state index in [1.165, 1.54) is 53.2 Å². The summed E-state index contributed by atoms with van der Waals surface area (Å²) in [6, 6.07) is 64.3. The number of hydrogen-bond donors (Lipinski definition) is 1. The standard InChI is InChI=1S/C51H32N4OS/c1-3-13-31(14-4-1)49-52-50(32-15-5-2-6-16-32)54-51(53-49)39-21-12-24-45-47(39)41-29-33(25-27-44(41)56-45)35-19-11-20-38-40-30-34(26-28-46(40)57-48(35)38)55-42-22-9-7-17-36(42)37-18-8-10-23-43(37)55/h1-30,51H,(H,52,53,54). The van der Waals surface area contributed by atoms with Gasteiger partial charge in [-0.3, -0.25) is 0 Å². The molecule has 0 amide bonds. The molecule has 0 radical (unpaired) electrons. The summed E-state index contributed by atoms with van der Waals surface area (Å²) < 4.78 is 11.5. The molecule has 268 valence electrons. The van der Waals surface area contributed by atoms with Gasteiger partial charge < -0.3 is 14.3 Å². The maximum Gasteiger partial charge on any atom is 0.159 e. The number of fused-ring (bicyclic) bond motifs is 9. The van der Waals surface area contributed by atoms with E-state index in [9.17, 15) is 0 Å². The van der Waals surface area contributed by atoms with Crippen molar-refractivity contribution in [1.29, 1.82) is 0 Å². The van der Waals surface area contributed by atoms with Gasteiger partial charge >= 0.3 is 0 Å². The van der Waals surface area contributed by atoms with Gasteiger partial charge in [0.15, 0.2) is 5.84 Å². The number of furan rings is 1. The van der Waals surface area contributed by atoms with E-state index < -0.39 is 0 Å². The van der Waals surface area contributed by atoms with Crippen molar-refractivity contribution < 1.29 is 4.42 Å². The molecule has 11 aromatic rings. The van der Waals surface area contributed by atoms with E-state index in [-0.39, 0.29) is 6.17 Å². The number of hydrogen-bond acceptors (Lipinski definition) is 5. The highest BCUT2D eigenvalue weighted by Gasteiger charge is 2.25. The fourth-order valence-electron chi connectivity index (χ4n) is 8.67. The molecule has 5 nitrogen and oxygen atoms in total. The van der Waals surface area contributed by atoms with Gasteiger partial charge in [0.05, 0.1) is 11.0 Å². The zero-order valence-electron chi connectivity index (χ0n) is 30.6. The van der Waals surface area contributed by atoms with Gasteiger partial charge in [-0.05, 0) is 59.7 Å². The molecule has 1 aliphatic rings. The number of amidine groups is 2. The van der Waals surface area contributed by atoms with Gasteiger partial charge in [-0.2, -0.15) is 0 Å². The highest BCUT2D eigenvalue weighted by atomic mass is 32.1. The van der Waals surface area contributed by atoms with Crippen molar-refractivity contribution >= 4 is 86.9 Å². The van der Waals surface area contributed by atoms with Crippen molar-refractivity contribution in [3.63, 3.8) is 0 Å². The van der Waals surface area contributed by atoms with E-state index in [4.69, 9.17) is 14.4 Å². The Hall–Kier alpha value is -7.28. The maximum absolute atomic E-state index is 6.54. The monoisotopic (exact) mass is 748 g/mol. The van der Waals surface area contributed by atoms with Gasteiger partial charge in [0.25, 0.3) is 0 Å².